The van der Waals surface area contributed by atoms with E-state index in [0.29, 0.717) is 5.41 Å². The van der Waals surface area contributed by atoms with Gasteiger partial charge in [-0.05, 0) is 31.1 Å². The molecule has 0 unspecified atom stereocenters. The maximum absolute atomic E-state index is 10.2. The van der Waals surface area contributed by atoms with Crippen molar-refractivity contribution in [3.05, 3.63) is 0 Å². The number of aliphatic hydroxyl groups is 1. The Balaban J connectivity index is 2.33. The summed E-state index contributed by atoms with van der Waals surface area (Å²) in [4.78, 5) is 0. The smallest absolute Gasteiger partial charge is 0.0648 e. The van der Waals surface area contributed by atoms with Crippen LogP contribution in [0.15, 0.2) is 0 Å². The monoisotopic (exact) mass is 184 g/mol. The molecule has 1 rings (SSSR count). The van der Waals surface area contributed by atoms with Crippen LogP contribution in [0.4, 0.5) is 0 Å². The fourth-order valence-electron chi connectivity index (χ4n) is 2.07. The van der Waals surface area contributed by atoms with Gasteiger partial charge < -0.3 is 5.11 Å². The van der Waals surface area contributed by atoms with E-state index in [-0.39, 0.29) is 5.60 Å². The van der Waals surface area contributed by atoms with Crippen LogP contribution in [0.1, 0.15) is 65.7 Å². The predicted molar refractivity (Wildman–Crippen MR) is 56.7 cm³/mol. The predicted octanol–water partition coefficient (Wildman–Crippen LogP) is 3.51. The highest BCUT2D eigenvalue weighted by molar-refractivity contribution is 4.83. The second kappa shape index (κ2) is 4.00. The maximum Gasteiger partial charge on any atom is 0.0648 e. The molecule has 13 heavy (non-hydrogen) atoms. The summed E-state index contributed by atoms with van der Waals surface area (Å²) in [6.45, 7) is 6.75. The van der Waals surface area contributed by atoms with Crippen molar-refractivity contribution in [3.63, 3.8) is 0 Å². The van der Waals surface area contributed by atoms with E-state index in [1.54, 1.807) is 0 Å². The summed E-state index contributed by atoms with van der Waals surface area (Å²) in [7, 11) is 0. The summed E-state index contributed by atoms with van der Waals surface area (Å²) in [6, 6.07) is 0. The number of hydrogen-bond acceptors (Lipinski definition) is 1. The Morgan fingerprint density at radius 3 is 2.08 bits per heavy atom. The average molecular weight is 184 g/mol. The number of hydrogen-bond donors (Lipinski definition) is 1. The zero-order valence-electron chi connectivity index (χ0n) is 9.40. The Bertz CT molecular complexity index is 149. The van der Waals surface area contributed by atoms with Gasteiger partial charge in [-0.15, -0.1) is 0 Å². The van der Waals surface area contributed by atoms with Crippen LogP contribution in [-0.4, -0.2) is 10.7 Å². The van der Waals surface area contributed by atoms with E-state index in [4.69, 9.17) is 0 Å². The minimum absolute atomic E-state index is 0.314. The second-order valence-electron chi connectivity index (χ2n) is 5.85. The third-order valence-corrected chi connectivity index (χ3v) is 3.12. The van der Waals surface area contributed by atoms with Gasteiger partial charge in [0.1, 0.15) is 0 Å². The van der Waals surface area contributed by atoms with Crippen molar-refractivity contribution in [1.29, 1.82) is 0 Å². The summed E-state index contributed by atoms with van der Waals surface area (Å²) < 4.78 is 0. The van der Waals surface area contributed by atoms with Crippen LogP contribution in [0.25, 0.3) is 0 Å². The molecule has 0 heterocycles. The largest absolute Gasteiger partial charge is 0.390 e. The minimum atomic E-state index is -0.314. The van der Waals surface area contributed by atoms with Crippen LogP contribution < -0.4 is 0 Å². The van der Waals surface area contributed by atoms with Gasteiger partial charge in [0.15, 0.2) is 0 Å². The van der Waals surface area contributed by atoms with E-state index in [0.717, 1.165) is 25.7 Å². The molecule has 78 valence electrons. The molecule has 0 spiro atoms. The van der Waals surface area contributed by atoms with Crippen molar-refractivity contribution in [2.45, 2.75) is 71.3 Å². The minimum Gasteiger partial charge on any atom is -0.390 e. The highest BCUT2D eigenvalue weighted by Crippen LogP contribution is 2.35. The molecule has 1 nitrogen and oxygen atoms in total. The SMILES string of the molecule is CC(C)(C)CCC1(O)CCCCC1. The highest BCUT2D eigenvalue weighted by Gasteiger charge is 2.30. The van der Waals surface area contributed by atoms with Crippen molar-refractivity contribution in [3.8, 4) is 0 Å². The first-order valence-corrected chi connectivity index (χ1v) is 5.64. The van der Waals surface area contributed by atoms with Crippen LogP contribution in [0.2, 0.25) is 0 Å². The van der Waals surface area contributed by atoms with Gasteiger partial charge in [0.05, 0.1) is 5.60 Å². The first-order valence-electron chi connectivity index (χ1n) is 5.64. The third-order valence-electron chi connectivity index (χ3n) is 3.12. The molecule has 0 radical (unpaired) electrons. The lowest BCUT2D eigenvalue weighted by Crippen LogP contribution is -2.32. The van der Waals surface area contributed by atoms with E-state index in [1.807, 2.05) is 0 Å². The van der Waals surface area contributed by atoms with Crippen molar-refractivity contribution in [2.24, 2.45) is 5.41 Å². The molecule has 1 aliphatic rings. The van der Waals surface area contributed by atoms with Crippen LogP contribution >= 0.6 is 0 Å². The van der Waals surface area contributed by atoms with Crippen LogP contribution in [0.5, 0.6) is 0 Å². The van der Waals surface area contributed by atoms with Crippen LogP contribution in [0.3, 0.4) is 0 Å². The van der Waals surface area contributed by atoms with Gasteiger partial charge in [-0.25, -0.2) is 0 Å². The first kappa shape index (κ1) is 11.0. The summed E-state index contributed by atoms with van der Waals surface area (Å²) in [5.74, 6) is 0. The van der Waals surface area contributed by atoms with E-state index in [2.05, 4.69) is 20.8 Å². The Hall–Kier alpha value is -0.0400. The number of rotatable bonds is 2. The van der Waals surface area contributed by atoms with Crippen LogP contribution in [0, 0.1) is 5.41 Å². The van der Waals surface area contributed by atoms with Crippen molar-refractivity contribution >= 4 is 0 Å². The lowest BCUT2D eigenvalue weighted by molar-refractivity contribution is -0.0123. The van der Waals surface area contributed by atoms with Gasteiger partial charge in [0, 0.05) is 0 Å². The molecule has 0 saturated heterocycles. The normalized spacial score (nSPS) is 23.1. The topological polar surface area (TPSA) is 20.2 Å². The summed E-state index contributed by atoms with van der Waals surface area (Å²) in [5.41, 5.74) is 0.0543. The Labute approximate surface area is 82.5 Å². The molecule has 1 fully saturated rings. The Morgan fingerprint density at radius 1 is 1.08 bits per heavy atom. The highest BCUT2D eigenvalue weighted by atomic mass is 16.3. The molecular formula is C12H24O. The molecule has 1 saturated carbocycles. The third kappa shape index (κ3) is 4.12. The van der Waals surface area contributed by atoms with Gasteiger partial charge in [-0.1, -0.05) is 40.0 Å². The lowest BCUT2D eigenvalue weighted by Gasteiger charge is -2.34. The molecule has 1 heteroatoms. The van der Waals surface area contributed by atoms with E-state index in [9.17, 15) is 5.11 Å². The Morgan fingerprint density at radius 2 is 1.62 bits per heavy atom. The second-order valence-corrected chi connectivity index (χ2v) is 5.85. The van der Waals surface area contributed by atoms with E-state index >= 15 is 0 Å². The first-order chi connectivity index (χ1) is 5.91. The fraction of sp³-hybridized carbons (Fsp3) is 1.00. The molecule has 0 atom stereocenters. The molecular weight excluding hydrogens is 160 g/mol. The zero-order valence-corrected chi connectivity index (χ0v) is 9.40. The van der Waals surface area contributed by atoms with Gasteiger partial charge in [-0.3, -0.25) is 0 Å². The molecule has 0 aliphatic heterocycles. The average Bonchev–Trinajstić information content (AvgIpc) is 2.02. The molecule has 0 amide bonds. The summed E-state index contributed by atoms with van der Waals surface area (Å²) >= 11 is 0. The van der Waals surface area contributed by atoms with Gasteiger partial charge in [-0.2, -0.15) is 0 Å². The van der Waals surface area contributed by atoms with Gasteiger partial charge in [0.25, 0.3) is 0 Å². The molecule has 0 aromatic carbocycles. The standard InChI is InChI=1S/C12H24O/c1-11(2,3)9-10-12(13)7-5-4-6-8-12/h13H,4-10H2,1-3H3. The molecule has 1 N–H and O–H groups in total. The Kier molecular flexibility index (Phi) is 3.39. The summed E-state index contributed by atoms with van der Waals surface area (Å²) in [5, 5.41) is 10.2. The van der Waals surface area contributed by atoms with Crippen molar-refractivity contribution in [2.75, 3.05) is 0 Å². The van der Waals surface area contributed by atoms with E-state index < -0.39 is 0 Å². The summed E-state index contributed by atoms with van der Waals surface area (Å²) in [6.07, 6.45) is 7.96. The molecule has 0 bridgehead atoms. The molecule has 0 aromatic rings. The maximum atomic E-state index is 10.2. The lowest BCUT2D eigenvalue weighted by atomic mass is 9.77. The quantitative estimate of drug-likeness (QED) is 0.696. The molecule has 0 aromatic heterocycles. The molecule has 1 aliphatic carbocycles. The van der Waals surface area contributed by atoms with Crippen molar-refractivity contribution in [1.82, 2.24) is 0 Å². The van der Waals surface area contributed by atoms with Gasteiger partial charge >= 0.3 is 0 Å². The van der Waals surface area contributed by atoms with Crippen LogP contribution in [-0.2, 0) is 0 Å². The van der Waals surface area contributed by atoms with E-state index in [1.165, 1.54) is 19.3 Å². The van der Waals surface area contributed by atoms with Crippen molar-refractivity contribution < 1.29 is 5.11 Å². The van der Waals surface area contributed by atoms with Gasteiger partial charge in [0.2, 0.25) is 0 Å². The fourth-order valence-corrected chi connectivity index (χ4v) is 2.07. The zero-order chi connectivity index (χ0) is 9.95.